The molecule has 9 heteroatoms. The van der Waals surface area contributed by atoms with Gasteiger partial charge < -0.3 is 19.2 Å². The summed E-state index contributed by atoms with van der Waals surface area (Å²) < 4.78 is 4.96. The summed E-state index contributed by atoms with van der Waals surface area (Å²) in [5.41, 5.74) is 5.10. The fourth-order valence-corrected chi connectivity index (χ4v) is 4.57. The Balaban J connectivity index is 1.35. The van der Waals surface area contributed by atoms with Crippen molar-refractivity contribution in [1.29, 1.82) is 0 Å². The van der Waals surface area contributed by atoms with E-state index < -0.39 is 0 Å². The number of aryl methyl sites for hydroxylation is 1. The molecule has 0 radical (unpaired) electrons. The van der Waals surface area contributed by atoms with Gasteiger partial charge in [0, 0.05) is 49.7 Å². The van der Waals surface area contributed by atoms with Gasteiger partial charge in [-0.1, -0.05) is 16.8 Å². The predicted octanol–water partition coefficient (Wildman–Crippen LogP) is 3.73. The smallest absolute Gasteiger partial charge is 0.328 e. The lowest BCUT2D eigenvalue weighted by Gasteiger charge is -2.35. The average molecular weight is 453 g/mol. The second-order valence-electron chi connectivity index (χ2n) is 8.27. The fraction of sp³-hybridized carbons (Fsp3) is 0.348. The molecule has 1 aromatic heterocycles. The summed E-state index contributed by atoms with van der Waals surface area (Å²) in [5, 5.41) is 7.12. The van der Waals surface area contributed by atoms with E-state index in [1.165, 1.54) is 11.3 Å². The third kappa shape index (κ3) is 4.03. The first-order valence-corrected chi connectivity index (χ1v) is 11.1. The van der Waals surface area contributed by atoms with Gasteiger partial charge in [-0.05, 0) is 62.4 Å². The van der Waals surface area contributed by atoms with Crippen LogP contribution in [0.25, 0.3) is 0 Å². The maximum absolute atomic E-state index is 12.5. The lowest BCUT2D eigenvalue weighted by Crippen LogP contribution is -2.44. The molecule has 1 amide bonds. The quantitative estimate of drug-likeness (QED) is 0.646. The number of aromatic nitrogens is 2. The minimum atomic E-state index is -0.286. The Kier molecular flexibility index (Phi) is 5.48. The van der Waals surface area contributed by atoms with Gasteiger partial charge in [-0.3, -0.25) is 10.1 Å². The number of carbonyl (C=O) groups excluding carboxylic acids is 1. The number of benzene rings is 2. The SMILES string of the molecule is Cc1noc(NC(=O)c2ccc(N3CCc4cc(Cl)c(N5CCN(C)CC5)cc43)cc2)n1. The van der Waals surface area contributed by atoms with Crippen LogP contribution in [0, 0.1) is 6.92 Å². The number of halogens is 1. The molecule has 2 aliphatic rings. The molecule has 0 spiro atoms. The van der Waals surface area contributed by atoms with Crippen molar-refractivity contribution in [3.05, 3.63) is 58.4 Å². The zero-order chi connectivity index (χ0) is 22.2. The average Bonchev–Trinajstić information content (AvgIpc) is 3.39. The van der Waals surface area contributed by atoms with Crippen molar-refractivity contribution in [3.63, 3.8) is 0 Å². The van der Waals surface area contributed by atoms with Crippen LogP contribution in [0.4, 0.5) is 23.1 Å². The Morgan fingerprint density at radius 1 is 1.06 bits per heavy atom. The molecule has 3 aromatic rings. The van der Waals surface area contributed by atoms with Crippen LogP contribution in [0.3, 0.4) is 0 Å². The van der Waals surface area contributed by atoms with Crippen molar-refractivity contribution in [3.8, 4) is 0 Å². The lowest BCUT2D eigenvalue weighted by molar-refractivity contribution is 0.102. The monoisotopic (exact) mass is 452 g/mol. The molecule has 166 valence electrons. The molecular formula is C23H25ClN6O2. The summed E-state index contributed by atoms with van der Waals surface area (Å²) in [4.78, 5) is 23.5. The largest absolute Gasteiger partial charge is 0.368 e. The zero-order valence-electron chi connectivity index (χ0n) is 18.1. The minimum absolute atomic E-state index is 0.0957. The highest BCUT2D eigenvalue weighted by atomic mass is 35.5. The number of carbonyl (C=O) groups is 1. The molecule has 8 nitrogen and oxygen atoms in total. The number of hydrogen-bond donors (Lipinski definition) is 1. The first-order valence-electron chi connectivity index (χ1n) is 10.7. The molecule has 5 rings (SSSR count). The number of hydrogen-bond acceptors (Lipinski definition) is 7. The van der Waals surface area contributed by atoms with Crippen LogP contribution in [0.2, 0.25) is 5.02 Å². The summed E-state index contributed by atoms with van der Waals surface area (Å²) in [5.74, 6) is 0.186. The molecule has 2 aliphatic heterocycles. The van der Waals surface area contributed by atoms with Crippen molar-refractivity contribution >= 4 is 40.6 Å². The topological polar surface area (TPSA) is 77.7 Å². The molecule has 2 aromatic carbocycles. The minimum Gasteiger partial charge on any atom is -0.368 e. The van der Waals surface area contributed by atoms with E-state index in [1.54, 1.807) is 6.92 Å². The van der Waals surface area contributed by atoms with Gasteiger partial charge in [0.05, 0.1) is 10.7 Å². The third-order valence-electron chi connectivity index (χ3n) is 6.08. The number of rotatable bonds is 4. The van der Waals surface area contributed by atoms with E-state index >= 15 is 0 Å². The molecule has 1 N–H and O–H groups in total. The molecule has 0 saturated carbocycles. The fourth-order valence-electron chi connectivity index (χ4n) is 4.26. The van der Waals surface area contributed by atoms with Crippen LogP contribution in [-0.2, 0) is 6.42 Å². The Labute approximate surface area is 191 Å². The van der Waals surface area contributed by atoms with E-state index in [0.29, 0.717) is 11.4 Å². The van der Waals surface area contributed by atoms with Crippen LogP contribution >= 0.6 is 11.6 Å². The maximum Gasteiger partial charge on any atom is 0.328 e. The summed E-state index contributed by atoms with van der Waals surface area (Å²) in [6.45, 7) is 6.58. The summed E-state index contributed by atoms with van der Waals surface area (Å²) >= 11 is 6.66. The number of amides is 1. The summed E-state index contributed by atoms with van der Waals surface area (Å²) in [7, 11) is 2.15. The van der Waals surface area contributed by atoms with E-state index in [1.807, 2.05) is 24.3 Å². The van der Waals surface area contributed by atoms with E-state index in [2.05, 4.69) is 49.3 Å². The van der Waals surface area contributed by atoms with Crippen LogP contribution in [0.15, 0.2) is 40.9 Å². The highest BCUT2D eigenvalue weighted by Crippen LogP contribution is 2.41. The van der Waals surface area contributed by atoms with Gasteiger partial charge in [-0.15, -0.1) is 0 Å². The molecule has 0 unspecified atom stereocenters. The zero-order valence-corrected chi connectivity index (χ0v) is 18.9. The normalized spacial score (nSPS) is 16.3. The Hall–Kier alpha value is -3.10. The van der Waals surface area contributed by atoms with Gasteiger partial charge in [-0.2, -0.15) is 4.98 Å². The number of likely N-dealkylation sites (N-methyl/N-ethyl adjacent to an activating group) is 1. The van der Waals surface area contributed by atoms with Crippen LogP contribution < -0.4 is 15.1 Å². The van der Waals surface area contributed by atoms with E-state index in [0.717, 1.165) is 55.5 Å². The maximum atomic E-state index is 12.5. The first-order chi connectivity index (χ1) is 15.5. The van der Waals surface area contributed by atoms with Crippen molar-refractivity contribution < 1.29 is 9.32 Å². The molecule has 0 bridgehead atoms. The summed E-state index contributed by atoms with van der Waals surface area (Å²) in [6.07, 6.45) is 0.941. The summed E-state index contributed by atoms with van der Waals surface area (Å²) in [6, 6.07) is 12.0. The number of anilines is 4. The van der Waals surface area contributed by atoms with Gasteiger partial charge in [0.1, 0.15) is 0 Å². The highest BCUT2D eigenvalue weighted by Gasteiger charge is 2.25. The molecule has 0 aliphatic carbocycles. The van der Waals surface area contributed by atoms with Crippen molar-refractivity contribution in [2.24, 2.45) is 0 Å². The Bertz CT molecular complexity index is 1140. The second kappa shape index (κ2) is 8.44. The standard InChI is InChI=1S/C23H25ClN6O2/c1-15-25-23(32-27-15)26-22(31)16-3-5-18(6-4-16)30-8-7-17-13-19(24)21(14-20(17)30)29-11-9-28(2)10-12-29/h3-6,13-14H,7-12H2,1-2H3,(H,25,26,27,31). The van der Waals surface area contributed by atoms with E-state index in [-0.39, 0.29) is 11.9 Å². The number of piperazine rings is 1. The molecular weight excluding hydrogens is 428 g/mol. The predicted molar refractivity (Wildman–Crippen MR) is 125 cm³/mol. The van der Waals surface area contributed by atoms with Crippen molar-refractivity contribution in [2.45, 2.75) is 13.3 Å². The molecule has 32 heavy (non-hydrogen) atoms. The molecule has 0 atom stereocenters. The van der Waals surface area contributed by atoms with Gasteiger partial charge in [-0.25, -0.2) is 0 Å². The van der Waals surface area contributed by atoms with E-state index in [9.17, 15) is 4.79 Å². The molecule has 1 fully saturated rings. The third-order valence-corrected chi connectivity index (χ3v) is 6.38. The van der Waals surface area contributed by atoms with Crippen LogP contribution in [0.1, 0.15) is 21.7 Å². The van der Waals surface area contributed by atoms with Crippen LogP contribution in [-0.4, -0.2) is 60.7 Å². The number of nitrogens with zero attached hydrogens (tertiary/aromatic N) is 5. The van der Waals surface area contributed by atoms with Gasteiger partial charge in [0.2, 0.25) is 0 Å². The van der Waals surface area contributed by atoms with Gasteiger partial charge in [0.15, 0.2) is 5.82 Å². The Morgan fingerprint density at radius 2 is 1.81 bits per heavy atom. The first kappa shape index (κ1) is 20.8. The second-order valence-corrected chi connectivity index (χ2v) is 8.68. The van der Waals surface area contributed by atoms with E-state index in [4.69, 9.17) is 16.1 Å². The van der Waals surface area contributed by atoms with Crippen molar-refractivity contribution in [1.82, 2.24) is 15.0 Å². The van der Waals surface area contributed by atoms with Crippen molar-refractivity contribution in [2.75, 3.05) is 54.9 Å². The van der Waals surface area contributed by atoms with Gasteiger partial charge in [0.25, 0.3) is 5.91 Å². The molecule has 1 saturated heterocycles. The molecule has 3 heterocycles. The lowest BCUT2D eigenvalue weighted by atomic mass is 10.1. The highest BCUT2D eigenvalue weighted by molar-refractivity contribution is 6.33. The Morgan fingerprint density at radius 3 is 2.50 bits per heavy atom. The number of fused-ring (bicyclic) bond motifs is 1. The number of nitrogens with one attached hydrogen (secondary N) is 1. The van der Waals surface area contributed by atoms with Gasteiger partial charge >= 0.3 is 6.01 Å². The van der Waals surface area contributed by atoms with Crippen LogP contribution in [0.5, 0.6) is 0 Å².